The Morgan fingerprint density at radius 3 is 2.71 bits per heavy atom. The third kappa shape index (κ3) is 7.17. The van der Waals surface area contributed by atoms with Crippen LogP contribution in [0.25, 0.3) is 0 Å². The Hall–Kier alpha value is -2.28. The van der Waals surface area contributed by atoms with Crippen molar-refractivity contribution in [1.29, 1.82) is 0 Å². The highest BCUT2D eigenvalue weighted by atomic mass is 16.5. The molecule has 0 unspecified atom stereocenters. The Labute approximate surface area is 123 Å². The Bertz CT molecular complexity index is 464. The SMILES string of the molecule is COCCNC(=O)COC(=O)CCOc1ccccc1N. The summed E-state index contributed by atoms with van der Waals surface area (Å²) in [6.07, 6.45) is 0.0414. The predicted octanol–water partition coefficient (Wildman–Crippen LogP) is 0.344. The van der Waals surface area contributed by atoms with Crippen LogP contribution in [0.1, 0.15) is 6.42 Å². The fraction of sp³-hybridized carbons (Fsp3) is 0.429. The smallest absolute Gasteiger partial charge is 0.309 e. The highest BCUT2D eigenvalue weighted by molar-refractivity contribution is 5.80. The first-order chi connectivity index (χ1) is 10.1. The van der Waals surface area contributed by atoms with Crippen molar-refractivity contribution in [2.45, 2.75) is 6.42 Å². The average molecular weight is 296 g/mol. The third-order valence-corrected chi connectivity index (χ3v) is 2.48. The van der Waals surface area contributed by atoms with Gasteiger partial charge in [-0.1, -0.05) is 12.1 Å². The van der Waals surface area contributed by atoms with Gasteiger partial charge >= 0.3 is 5.97 Å². The molecule has 0 saturated carbocycles. The van der Waals surface area contributed by atoms with E-state index in [9.17, 15) is 9.59 Å². The van der Waals surface area contributed by atoms with Crippen LogP contribution in [0.3, 0.4) is 0 Å². The van der Waals surface area contributed by atoms with Crippen molar-refractivity contribution in [3.8, 4) is 5.75 Å². The Morgan fingerprint density at radius 1 is 1.24 bits per heavy atom. The molecule has 7 heteroatoms. The van der Waals surface area contributed by atoms with Gasteiger partial charge in [0.1, 0.15) is 5.75 Å². The monoisotopic (exact) mass is 296 g/mol. The molecule has 0 spiro atoms. The molecule has 0 aliphatic heterocycles. The van der Waals surface area contributed by atoms with E-state index in [0.29, 0.717) is 24.6 Å². The number of hydrogen-bond acceptors (Lipinski definition) is 6. The molecule has 1 aromatic rings. The summed E-state index contributed by atoms with van der Waals surface area (Å²) in [5.41, 5.74) is 6.19. The molecule has 0 radical (unpaired) electrons. The minimum atomic E-state index is -0.508. The predicted molar refractivity (Wildman–Crippen MR) is 76.8 cm³/mol. The lowest BCUT2D eigenvalue weighted by Crippen LogP contribution is -2.31. The first-order valence-corrected chi connectivity index (χ1v) is 6.52. The van der Waals surface area contributed by atoms with Crippen LogP contribution < -0.4 is 15.8 Å². The summed E-state index contributed by atoms with van der Waals surface area (Å²) in [5.74, 6) is -0.359. The average Bonchev–Trinajstić information content (AvgIpc) is 2.47. The van der Waals surface area contributed by atoms with Crippen LogP contribution in [0.15, 0.2) is 24.3 Å². The van der Waals surface area contributed by atoms with Crippen molar-refractivity contribution in [3.63, 3.8) is 0 Å². The summed E-state index contributed by atoms with van der Waals surface area (Å²) in [6, 6.07) is 6.99. The van der Waals surface area contributed by atoms with Crippen LogP contribution in [-0.4, -0.2) is 45.4 Å². The second-order valence-corrected chi connectivity index (χ2v) is 4.14. The van der Waals surface area contributed by atoms with Crippen LogP contribution in [-0.2, 0) is 19.1 Å². The first kappa shape index (κ1) is 16.8. The number of benzene rings is 1. The highest BCUT2D eigenvalue weighted by Gasteiger charge is 2.08. The van der Waals surface area contributed by atoms with Crippen LogP contribution in [0.5, 0.6) is 5.75 Å². The standard InChI is InChI=1S/C14H20N2O5/c1-19-9-7-16-13(17)10-21-14(18)6-8-20-12-5-3-2-4-11(12)15/h2-5H,6-10,15H2,1H3,(H,16,17). The van der Waals surface area contributed by atoms with E-state index in [1.54, 1.807) is 24.3 Å². The number of ether oxygens (including phenoxy) is 3. The largest absolute Gasteiger partial charge is 0.491 e. The van der Waals surface area contributed by atoms with Crippen molar-refractivity contribution < 1.29 is 23.8 Å². The van der Waals surface area contributed by atoms with Gasteiger partial charge in [0.2, 0.25) is 0 Å². The molecular weight excluding hydrogens is 276 g/mol. The number of nitrogens with one attached hydrogen (secondary N) is 1. The fourth-order valence-corrected chi connectivity index (χ4v) is 1.42. The molecule has 0 heterocycles. The van der Waals surface area contributed by atoms with E-state index in [1.165, 1.54) is 7.11 Å². The third-order valence-electron chi connectivity index (χ3n) is 2.48. The van der Waals surface area contributed by atoms with Crippen molar-refractivity contribution in [2.75, 3.05) is 39.2 Å². The summed E-state index contributed by atoms with van der Waals surface area (Å²) >= 11 is 0. The van der Waals surface area contributed by atoms with Crippen LogP contribution in [0, 0.1) is 0 Å². The van der Waals surface area contributed by atoms with Gasteiger partial charge in [-0.25, -0.2) is 0 Å². The molecule has 0 aliphatic carbocycles. The van der Waals surface area contributed by atoms with E-state index in [4.69, 9.17) is 19.9 Å². The van der Waals surface area contributed by atoms with Gasteiger partial charge in [-0.15, -0.1) is 0 Å². The lowest BCUT2D eigenvalue weighted by Gasteiger charge is -2.08. The zero-order valence-electron chi connectivity index (χ0n) is 12.0. The minimum Gasteiger partial charge on any atom is -0.491 e. The van der Waals surface area contributed by atoms with E-state index in [0.717, 1.165) is 0 Å². The molecule has 0 saturated heterocycles. The van der Waals surface area contributed by atoms with Crippen LogP contribution >= 0.6 is 0 Å². The molecule has 1 amide bonds. The summed E-state index contributed by atoms with van der Waals surface area (Å²) in [4.78, 5) is 22.7. The number of hydrogen-bond donors (Lipinski definition) is 2. The number of rotatable bonds is 9. The number of amides is 1. The Morgan fingerprint density at radius 2 is 2.00 bits per heavy atom. The maximum atomic E-state index is 11.4. The molecule has 0 bridgehead atoms. The van der Waals surface area contributed by atoms with Gasteiger partial charge in [-0.2, -0.15) is 0 Å². The zero-order valence-corrected chi connectivity index (χ0v) is 12.0. The molecular formula is C14H20N2O5. The maximum Gasteiger partial charge on any atom is 0.309 e. The topological polar surface area (TPSA) is 99.9 Å². The number of carbonyl (C=O) groups is 2. The highest BCUT2D eigenvalue weighted by Crippen LogP contribution is 2.19. The lowest BCUT2D eigenvalue weighted by molar-refractivity contribution is -0.149. The van der Waals surface area contributed by atoms with E-state index in [2.05, 4.69) is 5.32 Å². The van der Waals surface area contributed by atoms with Gasteiger partial charge in [0.15, 0.2) is 6.61 Å². The molecule has 116 valence electrons. The van der Waals surface area contributed by atoms with E-state index in [-0.39, 0.29) is 25.5 Å². The van der Waals surface area contributed by atoms with Gasteiger partial charge < -0.3 is 25.3 Å². The molecule has 0 atom stereocenters. The van der Waals surface area contributed by atoms with Crippen molar-refractivity contribution >= 4 is 17.6 Å². The number of anilines is 1. The molecule has 0 fully saturated rings. The number of nitrogens with two attached hydrogens (primary N) is 1. The van der Waals surface area contributed by atoms with Crippen LogP contribution in [0.4, 0.5) is 5.69 Å². The summed E-state index contributed by atoms with van der Waals surface area (Å²) in [6.45, 7) is 0.615. The molecule has 1 rings (SSSR count). The van der Waals surface area contributed by atoms with Gasteiger partial charge in [0.25, 0.3) is 5.91 Å². The van der Waals surface area contributed by atoms with Gasteiger partial charge in [0.05, 0.1) is 25.3 Å². The van der Waals surface area contributed by atoms with Crippen molar-refractivity contribution in [2.24, 2.45) is 0 Å². The second kappa shape index (κ2) is 9.60. The Kier molecular flexibility index (Phi) is 7.67. The number of methoxy groups -OCH3 is 1. The van der Waals surface area contributed by atoms with Gasteiger partial charge in [0, 0.05) is 13.7 Å². The molecule has 0 aromatic heterocycles. The number of carbonyl (C=O) groups excluding carboxylic acids is 2. The van der Waals surface area contributed by atoms with Crippen LogP contribution in [0.2, 0.25) is 0 Å². The summed E-state index contributed by atoms with van der Waals surface area (Å²) < 4.78 is 14.9. The normalized spacial score (nSPS) is 9.95. The molecule has 21 heavy (non-hydrogen) atoms. The summed E-state index contributed by atoms with van der Waals surface area (Å²) in [7, 11) is 1.53. The quantitative estimate of drug-likeness (QED) is 0.387. The van der Waals surface area contributed by atoms with E-state index < -0.39 is 5.97 Å². The number of nitrogen functional groups attached to an aromatic ring is 1. The number of esters is 1. The van der Waals surface area contributed by atoms with E-state index >= 15 is 0 Å². The molecule has 3 N–H and O–H groups in total. The number of para-hydroxylation sites is 2. The first-order valence-electron chi connectivity index (χ1n) is 6.52. The molecule has 1 aromatic carbocycles. The zero-order chi connectivity index (χ0) is 15.5. The van der Waals surface area contributed by atoms with E-state index in [1.807, 2.05) is 0 Å². The molecule has 7 nitrogen and oxygen atoms in total. The second-order valence-electron chi connectivity index (χ2n) is 4.14. The lowest BCUT2D eigenvalue weighted by atomic mass is 10.3. The van der Waals surface area contributed by atoms with Crippen molar-refractivity contribution in [1.82, 2.24) is 5.32 Å². The summed E-state index contributed by atoms with van der Waals surface area (Å²) in [5, 5.41) is 2.54. The van der Waals surface area contributed by atoms with Gasteiger partial charge in [-0.05, 0) is 12.1 Å². The minimum absolute atomic E-state index is 0.0414. The van der Waals surface area contributed by atoms with Gasteiger partial charge in [-0.3, -0.25) is 9.59 Å². The van der Waals surface area contributed by atoms with Crippen molar-refractivity contribution in [3.05, 3.63) is 24.3 Å². The molecule has 0 aliphatic rings. The Balaban J connectivity index is 2.14. The fourth-order valence-electron chi connectivity index (χ4n) is 1.42. The maximum absolute atomic E-state index is 11.4.